The molecule has 152 valence electrons. The Labute approximate surface area is 173 Å². The first-order valence-corrected chi connectivity index (χ1v) is 9.51. The van der Waals surface area contributed by atoms with E-state index in [0.717, 1.165) is 76.2 Å². The number of piperidine rings is 1. The van der Waals surface area contributed by atoms with E-state index in [4.69, 9.17) is 11.5 Å². The molecule has 0 spiro atoms. The minimum atomic E-state index is 0. The zero-order valence-electron chi connectivity index (χ0n) is 15.5. The number of nitrogens with two attached hydrogens (primary N) is 2. The average molecular weight is 417 g/mol. The zero-order valence-corrected chi connectivity index (χ0v) is 17.2. The Balaban J connectivity index is 0.00000131. The highest BCUT2D eigenvalue weighted by Crippen LogP contribution is 2.36. The van der Waals surface area contributed by atoms with Gasteiger partial charge in [-0.3, -0.25) is 4.79 Å². The maximum atomic E-state index is 11.8. The molecule has 27 heavy (non-hydrogen) atoms. The van der Waals surface area contributed by atoms with Gasteiger partial charge < -0.3 is 21.3 Å². The fraction of sp³-hybridized carbons (Fsp3) is 0.722. The molecule has 1 amide bonds. The van der Waals surface area contributed by atoms with E-state index in [-0.39, 0.29) is 24.8 Å². The molecule has 1 aromatic heterocycles. The maximum Gasteiger partial charge on any atom is 0.222 e. The molecule has 1 saturated carbocycles. The molecule has 4 N–H and O–H groups in total. The van der Waals surface area contributed by atoms with E-state index in [1.165, 1.54) is 0 Å². The van der Waals surface area contributed by atoms with Crippen LogP contribution in [0.3, 0.4) is 0 Å². The van der Waals surface area contributed by atoms with E-state index in [0.29, 0.717) is 29.7 Å². The minimum absolute atomic E-state index is 0. The van der Waals surface area contributed by atoms with Crippen molar-refractivity contribution < 1.29 is 4.79 Å². The molecule has 0 bridgehead atoms. The van der Waals surface area contributed by atoms with Crippen molar-refractivity contribution in [1.82, 2.24) is 14.9 Å². The highest BCUT2D eigenvalue weighted by atomic mass is 35.5. The number of amides is 1. The highest BCUT2D eigenvalue weighted by Gasteiger charge is 2.30. The first-order chi connectivity index (χ1) is 12.1. The summed E-state index contributed by atoms with van der Waals surface area (Å²) in [4.78, 5) is 25.0. The summed E-state index contributed by atoms with van der Waals surface area (Å²) in [5.41, 5.74) is 12.9. The summed E-state index contributed by atoms with van der Waals surface area (Å²) in [6, 6.07) is 2.39. The summed E-state index contributed by atoms with van der Waals surface area (Å²) in [7, 11) is 0. The van der Waals surface area contributed by atoms with E-state index >= 15 is 0 Å². The van der Waals surface area contributed by atoms with Crippen LogP contribution in [0, 0.1) is 5.92 Å². The van der Waals surface area contributed by atoms with Gasteiger partial charge in [0, 0.05) is 50.6 Å². The van der Waals surface area contributed by atoms with Gasteiger partial charge in [-0.05, 0) is 38.0 Å². The Kier molecular flexibility index (Phi) is 7.54. The average Bonchev–Trinajstić information content (AvgIpc) is 2.97. The number of nitrogen functional groups attached to an aromatic ring is 1. The number of halogens is 2. The predicted molar refractivity (Wildman–Crippen MR) is 112 cm³/mol. The third-order valence-corrected chi connectivity index (χ3v) is 5.93. The Morgan fingerprint density at radius 2 is 1.81 bits per heavy atom. The van der Waals surface area contributed by atoms with Gasteiger partial charge in [0.05, 0.1) is 5.69 Å². The number of carbonyl (C=O) groups is 1. The van der Waals surface area contributed by atoms with Gasteiger partial charge in [-0.2, -0.15) is 4.98 Å². The fourth-order valence-corrected chi connectivity index (χ4v) is 4.30. The fourth-order valence-electron chi connectivity index (χ4n) is 4.30. The van der Waals surface area contributed by atoms with Crippen molar-refractivity contribution in [3.63, 3.8) is 0 Å². The van der Waals surface area contributed by atoms with Crippen LogP contribution >= 0.6 is 24.8 Å². The van der Waals surface area contributed by atoms with Gasteiger partial charge in [0.25, 0.3) is 0 Å². The molecule has 3 fully saturated rings. The topological polar surface area (TPSA) is 101 Å². The van der Waals surface area contributed by atoms with Gasteiger partial charge in [0.15, 0.2) is 0 Å². The third-order valence-electron chi connectivity index (χ3n) is 5.93. The van der Waals surface area contributed by atoms with Crippen molar-refractivity contribution in [1.29, 1.82) is 0 Å². The molecule has 7 nitrogen and oxygen atoms in total. The molecule has 2 aliphatic heterocycles. The first kappa shape index (κ1) is 22.0. The molecule has 1 aromatic rings. The van der Waals surface area contributed by atoms with Crippen LogP contribution < -0.4 is 16.4 Å². The third kappa shape index (κ3) is 4.95. The van der Waals surface area contributed by atoms with Crippen molar-refractivity contribution in [2.75, 3.05) is 36.8 Å². The van der Waals surface area contributed by atoms with Gasteiger partial charge in [-0.15, -0.1) is 24.8 Å². The quantitative estimate of drug-likeness (QED) is 0.777. The van der Waals surface area contributed by atoms with Crippen LogP contribution in [-0.4, -0.2) is 53.0 Å². The molecule has 3 aliphatic rings. The highest BCUT2D eigenvalue weighted by molar-refractivity contribution is 5.85. The minimum Gasteiger partial charge on any atom is -0.368 e. The Morgan fingerprint density at radius 1 is 1.11 bits per heavy atom. The lowest BCUT2D eigenvalue weighted by Crippen LogP contribution is -2.40. The second-order valence-corrected chi connectivity index (χ2v) is 7.81. The molecule has 0 atom stereocenters. The normalized spacial score (nSPS) is 25.6. The standard InChI is InChI=1S/C18H28N6O.2ClH/c19-14-8-13(9-14)15-10-16(22-18(20)21-15)23-6-3-12(4-7-23)11-24-5-1-2-17(24)25;;/h10,12-14H,1-9,11,19H2,(H2,20,21,22);2*1H. The summed E-state index contributed by atoms with van der Waals surface area (Å²) in [5.74, 6) is 2.66. The molecular weight excluding hydrogens is 387 g/mol. The number of likely N-dealkylation sites (tertiary alicyclic amines) is 1. The van der Waals surface area contributed by atoms with Gasteiger partial charge in [-0.25, -0.2) is 4.98 Å². The second-order valence-electron chi connectivity index (χ2n) is 7.81. The Morgan fingerprint density at radius 3 is 2.41 bits per heavy atom. The summed E-state index contributed by atoms with van der Waals surface area (Å²) < 4.78 is 0. The van der Waals surface area contributed by atoms with Gasteiger partial charge in [0.1, 0.15) is 5.82 Å². The smallest absolute Gasteiger partial charge is 0.222 e. The number of anilines is 2. The maximum absolute atomic E-state index is 11.8. The lowest BCUT2D eigenvalue weighted by Gasteiger charge is -2.36. The van der Waals surface area contributed by atoms with Gasteiger partial charge >= 0.3 is 0 Å². The SMILES string of the molecule is Cl.Cl.Nc1nc(C2CC(N)C2)cc(N2CCC(CN3CCCC3=O)CC2)n1. The van der Waals surface area contributed by atoms with Crippen LogP contribution in [0.4, 0.5) is 11.8 Å². The summed E-state index contributed by atoms with van der Waals surface area (Å²) in [6.45, 7) is 3.79. The molecular formula is C18H30Cl2N6O. The number of hydrogen-bond donors (Lipinski definition) is 2. The van der Waals surface area contributed by atoms with E-state index in [9.17, 15) is 4.79 Å². The molecule has 0 radical (unpaired) electrons. The van der Waals surface area contributed by atoms with Crippen LogP contribution in [-0.2, 0) is 4.79 Å². The van der Waals surface area contributed by atoms with Crippen LogP contribution in [0.5, 0.6) is 0 Å². The first-order valence-electron chi connectivity index (χ1n) is 9.51. The van der Waals surface area contributed by atoms with Gasteiger partial charge in [0.2, 0.25) is 11.9 Å². The van der Waals surface area contributed by atoms with Crippen molar-refractivity contribution >= 4 is 42.5 Å². The number of hydrogen-bond acceptors (Lipinski definition) is 6. The Bertz CT molecular complexity index is 647. The van der Waals surface area contributed by atoms with E-state index in [2.05, 4.69) is 20.9 Å². The zero-order chi connectivity index (χ0) is 17.4. The molecule has 1 aliphatic carbocycles. The van der Waals surface area contributed by atoms with Crippen molar-refractivity contribution in [2.45, 2.75) is 50.5 Å². The second kappa shape index (κ2) is 9.26. The molecule has 2 saturated heterocycles. The van der Waals surface area contributed by atoms with Crippen LogP contribution in [0.2, 0.25) is 0 Å². The van der Waals surface area contributed by atoms with Crippen LogP contribution in [0.1, 0.15) is 50.1 Å². The largest absolute Gasteiger partial charge is 0.368 e. The molecule has 0 aromatic carbocycles. The number of nitrogens with zero attached hydrogens (tertiary/aromatic N) is 4. The molecule has 3 heterocycles. The lowest BCUT2D eigenvalue weighted by molar-refractivity contribution is -0.128. The van der Waals surface area contributed by atoms with Crippen molar-refractivity contribution in [2.24, 2.45) is 11.7 Å². The number of aromatic nitrogens is 2. The lowest BCUT2D eigenvalue weighted by atomic mass is 9.78. The Hall–Kier alpha value is -1.31. The number of rotatable bonds is 4. The van der Waals surface area contributed by atoms with E-state index in [1.807, 2.05) is 4.90 Å². The van der Waals surface area contributed by atoms with Crippen molar-refractivity contribution in [3.8, 4) is 0 Å². The van der Waals surface area contributed by atoms with E-state index < -0.39 is 0 Å². The number of carbonyl (C=O) groups excluding carboxylic acids is 1. The van der Waals surface area contributed by atoms with Gasteiger partial charge in [-0.1, -0.05) is 0 Å². The summed E-state index contributed by atoms with van der Waals surface area (Å²) >= 11 is 0. The van der Waals surface area contributed by atoms with Crippen LogP contribution in [0.25, 0.3) is 0 Å². The van der Waals surface area contributed by atoms with Crippen LogP contribution in [0.15, 0.2) is 6.07 Å². The monoisotopic (exact) mass is 416 g/mol. The summed E-state index contributed by atoms with van der Waals surface area (Å²) in [5, 5.41) is 0. The summed E-state index contributed by atoms with van der Waals surface area (Å²) in [6.07, 6.45) is 5.91. The molecule has 4 rings (SSSR count). The predicted octanol–water partition coefficient (Wildman–Crippen LogP) is 1.95. The molecule has 9 heteroatoms. The molecule has 0 unspecified atom stereocenters. The van der Waals surface area contributed by atoms with Crippen molar-refractivity contribution in [3.05, 3.63) is 11.8 Å². The van der Waals surface area contributed by atoms with E-state index in [1.54, 1.807) is 0 Å².